The molecule has 2 atom stereocenters. The summed E-state index contributed by atoms with van der Waals surface area (Å²) in [6, 6.07) is 24.3. The summed E-state index contributed by atoms with van der Waals surface area (Å²) in [6.07, 6.45) is 2.13. The normalized spacial score (nSPS) is 16.9. The van der Waals surface area contributed by atoms with Crippen LogP contribution in [0, 0.1) is 27.7 Å². The molecule has 2 N–H and O–H groups in total. The Morgan fingerprint density at radius 2 is 1.79 bits per heavy atom. The van der Waals surface area contributed by atoms with Gasteiger partial charge in [0.25, 0.3) is 0 Å². The lowest BCUT2D eigenvalue weighted by molar-refractivity contribution is -0.116. The van der Waals surface area contributed by atoms with Crippen molar-refractivity contribution in [1.82, 2.24) is 19.8 Å². The highest BCUT2D eigenvalue weighted by Crippen LogP contribution is 2.41. The van der Waals surface area contributed by atoms with Crippen LogP contribution in [0.1, 0.15) is 52.3 Å². The number of aromatic nitrogens is 2. The summed E-state index contributed by atoms with van der Waals surface area (Å²) in [5.74, 6) is -0.0348. The lowest BCUT2D eigenvalue weighted by atomic mass is 9.96. The Kier molecular flexibility index (Phi) is 7.29. The van der Waals surface area contributed by atoms with Crippen LogP contribution in [0.5, 0.6) is 0 Å². The Morgan fingerprint density at radius 1 is 1.00 bits per heavy atom. The number of thiocarbonyl (C=S) groups is 1. The molecule has 3 heterocycles. The fourth-order valence-corrected chi connectivity index (χ4v) is 5.72. The maximum absolute atomic E-state index is 12.9. The molecule has 6 nitrogen and oxygen atoms in total. The third-order valence-electron chi connectivity index (χ3n) is 7.25. The number of hydrogen-bond donors (Lipinski definition) is 2. The van der Waals surface area contributed by atoms with E-state index in [1.165, 1.54) is 11.1 Å². The molecule has 2 aromatic heterocycles. The Bertz CT molecular complexity index is 1480. The number of nitrogens with one attached hydrogen (secondary N) is 2. The molecule has 5 rings (SSSR count). The number of benzene rings is 2. The van der Waals surface area contributed by atoms with Crippen molar-refractivity contribution in [3.8, 4) is 5.69 Å². The molecule has 0 radical (unpaired) electrons. The van der Waals surface area contributed by atoms with Crippen LogP contribution in [0.4, 0.5) is 5.69 Å². The number of rotatable bonds is 7. The van der Waals surface area contributed by atoms with Gasteiger partial charge in [-0.2, -0.15) is 0 Å². The van der Waals surface area contributed by atoms with E-state index in [2.05, 4.69) is 76.2 Å². The van der Waals surface area contributed by atoms with Crippen molar-refractivity contribution >= 4 is 28.9 Å². The Morgan fingerprint density at radius 3 is 2.53 bits per heavy atom. The lowest BCUT2D eigenvalue weighted by Crippen LogP contribution is -2.33. The van der Waals surface area contributed by atoms with Crippen LogP contribution in [0.2, 0.25) is 0 Å². The van der Waals surface area contributed by atoms with E-state index in [9.17, 15) is 4.79 Å². The van der Waals surface area contributed by atoms with Gasteiger partial charge >= 0.3 is 0 Å². The number of hydrogen-bond acceptors (Lipinski definition) is 3. The molecule has 1 fully saturated rings. The minimum atomic E-state index is -0.130. The van der Waals surface area contributed by atoms with E-state index in [4.69, 9.17) is 12.2 Å². The SMILES string of the molecule is Cc1cccc(-n2c(C)cc(C3C(c4ccccn4)NC(=S)N3CCC(=O)Nc3ccccc3C)c2C)c1. The smallest absolute Gasteiger partial charge is 0.226 e. The molecular formula is C31H33N5OS. The van der Waals surface area contributed by atoms with E-state index in [0.717, 1.165) is 34.0 Å². The Hall–Kier alpha value is -3.97. The zero-order chi connectivity index (χ0) is 26.8. The maximum Gasteiger partial charge on any atom is 0.226 e. The molecule has 1 saturated heterocycles. The number of para-hydroxylation sites is 1. The van der Waals surface area contributed by atoms with Crippen LogP contribution >= 0.6 is 12.2 Å². The van der Waals surface area contributed by atoms with E-state index in [1.54, 1.807) is 0 Å². The largest absolute Gasteiger partial charge is 0.352 e. The average molecular weight is 524 g/mol. The van der Waals surface area contributed by atoms with Crippen molar-refractivity contribution in [2.75, 3.05) is 11.9 Å². The summed E-state index contributed by atoms with van der Waals surface area (Å²) in [5.41, 5.74) is 8.63. The summed E-state index contributed by atoms with van der Waals surface area (Å²) in [7, 11) is 0. The van der Waals surface area contributed by atoms with Crippen LogP contribution < -0.4 is 10.6 Å². The fourth-order valence-electron chi connectivity index (χ4n) is 5.38. The summed E-state index contributed by atoms with van der Waals surface area (Å²) in [5, 5.41) is 7.20. The van der Waals surface area contributed by atoms with Crippen molar-refractivity contribution in [3.63, 3.8) is 0 Å². The highest BCUT2D eigenvalue weighted by Gasteiger charge is 2.41. The van der Waals surface area contributed by atoms with Crippen molar-refractivity contribution < 1.29 is 4.79 Å². The average Bonchev–Trinajstić information content (AvgIpc) is 3.39. The molecule has 0 aliphatic carbocycles. The number of pyridine rings is 1. The van der Waals surface area contributed by atoms with Crippen molar-refractivity contribution in [2.24, 2.45) is 0 Å². The van der Waals surface area contributed by atoms with Gasteiger partial charge in [0.05, 0.1) is 17.8 Å². The van der Waals surface area contributed by atoms with Gasteiger partial charge in [-0.3, -0.25) is 9.78 Å². The van der Waals surface area contributed by atoms with Gasteiger partial charge in [0.2, 0.25) is 5.91 Å². The second-order valence-electron chi connectivity index (χ2n) is 9.93. The van der Waals surface area contributed by atoms with Gasteiger partial charge in [0.15, 0.2) is 5.11 Å². The number of nitrogens with zero attached hydrogens (tertiary/aromatic N) is 3. The topological polar surface area (TPSA) is 62.2 Å². The van der Waals surface area contributed by atoms with Gasteiger partial charge in [-0.1, -0.05) is 36.4 Å². The van der Waals surface area contributed by atoms with Crippen LogP contribution in [0.15, 0.2) is 79.0 Å². The highest BCUT2D eigenvalue weighted by molar-refractivity contribution is 7.80. The quantitative estimate of drug-likeness (QED) is 0.286. The zero-order valence-electron chi connectivity index (χ0n) is 22.2. The van der Waals surface area contributed by atoms with Crippen LogP contribution in [-0.4, -0.2) is 32.0 Å². The number of aryl methyl sites for hydroxylation is 3. The fraction of sp³-hybridized carbons (Fsp3) is 0.258. The number of anilines is 1. The van der Waals surface area contributed by atoms with E-state index in [1.807, 2.05) is 55.6 Å². The predicted molar refractivity (Wildman–Crippen MR) is 157 cm³/mol. The van der Waals surface area contributed by atoms with Crippen LogP contribution in [0.3, 0.4) is 0 Å². The second kappa shape index (κ2) is 10.8. The van der Waals surface area contributed by atoms with Crippen molar-refractivity contribution in [1.29, 1.82) is 0 Å². The first-order valence-electron chi connectivity index (χ1n) is 12.9. The molecule has 2 unspecified atom stereocenters. The summed E-state index contributed by atoms with van der Waals surface area (Å²) in [6.45, 7) is 8.89. The molecule has 7 heteroatoms. The Balaban J connectivity index is 1.48. The molecule has 2 aromatic carbocycles. The van der Waals surface area contributed by atoms with E-state index >= 15 is 0 Å². The molecule has 38 heavy (non-hydrogen) atoms. The first-order chi connectivity index (χ1) is 18.3. The van der Waals surface area contributed by atoms with Crippen molar-refractivity contribution in [2.45, 2.75) is 46.2 Å². The number of carbonyl (C=O) groups excluding carboxylic acids is 1. The zero-order valence-corrected chi connectivity index (χ0v) is 23.0. The minimum absolute atomic E-state index is 0.0348. The van der Waals surface area contributed by atoms with Gasteiger partial charge < -0.3 is 20.1 Å². The van der Waals surface area contributed by atoms with Crippen LogP contribution in [0.25, 0.3) is 5.69 Å². The van der Waals surface area contributed by atoms with E-state index < -0.39 is 0 Å². The van der Waals surface area contributed by atoms with Gasteiger partial charge in [-0.25, -0.2) is 0 Å². The minimum Gasteiger partial charge on any atom is -0.352 e. The molecule has 1 aliphatic heterocycles. The van der Waals surface area contributed by atoms with Gasteiger partial charge in [-0.05, 0) is 93.0 Å². The molecule has 1 amide bonds. The molecule has 1 aliphatic rings. The summed E-state index contributed by atoms with van der Waals surface area (Å²) < 4.78 is 2.29. The standard InChI is InChI=1S/C31H33N5OS/c1-20-10-9-12-24(18-20)36-22(3)19-25(23(36)4)30-29(27-14-7-8-16-32-27)34-31(38)35(30)17-15-28(37)33-26-13-6-5-11-21(26)2/h5-14,16,18-19,29-30H,15,17H2,1-4H3,(H,33,37)(H,34,38). The van der Waals surface area contributed by atoms with Gasteiger partial charge in [-0.15, -0.1) is 0 Å². The van der Waals surface area contributed by atoms with E-state index in [-0.39, 0.29) is 18.0 Å². The highest BCUT2D eigenvalue weighted by atomic mass is 32.1. The molecule has 0 bridgehead atoms. The number of carbonyl (C=O) groups is 1. The van der Waals surface area contributed by atoms with Gasteiger partial charge in [0, 0.05) is 41.9 Å². The lowest BCUT2D eigenvalue weighted by Gasteiger charge is -2.28. The monoisotopic (exact) mass is 523 g/mol. The third-order valence-corrected chi connectivity index (χ3v) is 7.60. The molecule has 0 spiro atoms. The maximum atomic E-state index is 12.9. The Labute approximate surface area is 229 Å². The molecule has 0 saturated carbocycles. The number of amides is 1. The second-order valence-corrected chi connectivity index (χ2v) is 10.3. The van der Waals surface area contributed by atoms with Gasteiger partial charge in [0.1, 0.15) is 0 Å². The first kappa shape index (κ1) is 25.7. The summed E-state index contributed by atoms with van der Waals surface area (Å²) >= 11 is 5.84. The first-order valence-corrected chi connectivity index (χ1v) is 13.3. The third kappa shape index (κ3) is 5.07. The molecule has 194 valence electrons. The summed E-state index contributed by atoms with van der Waals surface area (Å²) in [4.78, 5) is 19.8. The van der Waals surface area contributed by atoms with Crippen LogP contribution in [-0.2, 0) is 4.79 Å². The van der Waals surface area contributed by atoms with E-state index in [0.29, 0.717) is 18.1 Å². The molecule has 4 aromatic rings. The molecular weight excluding hydrogens is 490 g/mol. The predicted octanol–water partition coefficient (Wildman–Crippen LogP) is 6.11. The van der Waals surface area contributed by atoms with Crippen molar-refractivity contribution in [3.05, 3.63) is 113 Å².